The third-order valence-electron chi connectivity index (χ3n) is 3.46. The molecule has 0 radical (unpaired) electrons. The van der Waals surface area contributed by atoms with Crippen molar-refractivity contribution in [3.63, 3.8) is 0 Å². The predicted octanol–water partition coefficient (Wildman–Crippen LogP) is 4.44. The van der Waals surface area contributed by atoms with Crippen molar-refractivity contribution in [2.24, 2.45) is 0 Å². The second-order valence-electron chi connectivity index (χ2n) is 5.54. The van der Waals surface area contributed by atoms with Gasteiger partial charge < -0.3 is 10.1 Å². The Kier molecular flexibility index (Phi) is 5.09. The first-order valence-corrected chi connectivity index (χ1v) is 8.57. The fourth-order valence-corrected chi connectivity index (χ4v) is 3.21. The van der Waals surface area contributed by atoms with Crippen LogP contribution in [0, 0.1) is 12.7 Å². The van der Waals surface area contributed by atoms with Gasteiger partial charge in [0.15, 0.2) is 0 Å². The minimum absolute atomic E-state index is 0.177. The third-order valence-corrected chi connectivity index (χ3v) is 4.64. The zero-order valence-electron chi connectivity index (χ0n) is 14.1. The summed E-state index contributed by atoms with van der Waals surface area (Å²) >= 11 is 1.19. The molecule has 3 rings (SSSR count). The average molecular weight is 370 g/mol. The highest BCUT2D eigenvalue weighted by Gasteiger charge is 2.18. The van der Waals surface area contributed by atoms with Crippen LogP contribution < -0.4 is 10.1 Å². The van der Waals surface area contributed by atoms with Crippen molar-refractivity contribution < 1.29 is 18.7 Å². The number of nitrogens with zero attached hydrogens (tertiary/aromatic N) is 1. The fraction of sp³-hybridized carbons (Fsp3) is 0.105. The molecule has 1 aromatic heterocycles. The van der Waals surface area contributed by atoms with E-state index in [1.807, 2.05) is 0 Å². The molecule has 1 N–H and O–H groups in total. The van der Waals surface area contributed by atoms with E-state index in [0.29, 0.717) is 27.0 Å². The molecule has 0 aliphatic rings. The molecule has 1 amide bonds. The highest BCUT2D eigenvalue weighted by atomic mass is 32.1. The zero-order chi connectivity index (χ0) is 18.7. The molecule has 0 unspecified atom stereocenters. The van der Waals surface area contributed by atoms with Crippen molar-refractivity contribution in [1.82, 2.24) is 4.98 Å². The number of anilines is 1. The first-order valence-electron chi connectivity index (χ1n) is 7.75. The predicted molar refractivity (Wildman–Crippen MR) is 97.9 cm³/mol. The number of carbonyl (C=O) groups is 2. The van der Waals surface area contributed by atoms with E-state index in [0.717, 1.165) is 5.56 Å². The molecule has 0 aliphatic heterocycles. The molecule has 132 valence electrons. The van der Waals surface area contributed by atoms with Crippen LogP contribution in [0.25, 0.3) is 10.6 Å². The fourth-order valence-electron chi connectivity index (χ4n) is 2.26. The zero-order valence-corrected chi connectivity index (χ0v) is 14.9. The van der Waals surface area contributed by atoms with Crippen LogP contribution in [-0.2, 0) is 4.79 Å². The molecule has 0 fully saturated rings. The van der Waals surface area contributed by atoms with Gasteiger partial charge in [0.05, 0.1) is 5.69 Å². The van der Waals surface area contributed by atoms with Gasteiger partial charge >= 0.3 is 5.97 Å². The van der Waals surface area contributed by atoms with Crippen LogP contribution in [-0.4, -0.2) is 16.9 Å². The van der Waals surface area contributed by atoms with E-state index in [-0.39, 0.29) is 11.7 Å². The second kappa shape index (κ2) is 7.45. The van der Waals surface area contributed by atoms with Crippen LogP contribution in [0.15, 0.2) is 48.5 Å². The van der Waals surface area contributed by atoms with Gasteiger partial charge in [-0.25, -0.2) is 14.2 Å². The van der Waals surface area contributed by atoms with Gasteiger partial charge in [-0.05, 0) is 55.5 Å². The highest BCUT2D eigenvalue weighted by Crippen LogP contribution is 2.29. The number of nitrogens with one attached hydrogen (secondary N) is 1. The Morgan fingerprint density at radius 2 is 1.73 bits per heavy atom. The summed E-state index contributed by atoms with van der Waals surface area (Å²) in [5.41, 5.74) is 1.90. The summed E-state index contributed by atoms with van der Waals surface area (Å²) in [6, 6.07) is 12.4. The Bertz CT molecular complexity index is 950. The third kappa shape index (κ3) is 4.12. The Labute approximate surface area is 153 Å². The topological polar surface area (TPSA) is 68.3 Å². The van der Waals surface area contributed by atoms with Crippen molar-refractivity contribution in [2.45, 2.75) is 13.8 Å². The first kappa shape index (κ1) is 17.8. The first-order chi connectivity index (χ1) is 12.4. The molecule has 1 heterocycles. The number of benzene rings is 2. The second-order valence-corrected chi connectivity index (χ2v) is 6.53. The largest absolute Gasteiger partial charge is 0.422 e. The molecular formula is C19H15FN2O3S. The van der Waals surface area contributed by atoms with Gasteiger partial charge in [0, 0.05) is 18.2 Å². The highest BCUT2D eigenvalue weighted by molar-refractivity contribution is 7.17. The Hall–Kier alpha value is -3.06. The van der Waals surface area contributed by atoms with Gasteiger partial charge in [-0.3, -0.25) is 4.79 Å². The molecule has 0 spiro atoms. The Morgan fingerprint density at radius 3 is 2.35 bits per heavy atom. The molecule has 0 aliphatic carbocycles. The number of halogens is 1. The van der Waals surface area contributed by atoms with Crippen LogP contribution in [0.5, 0.6) is 5.75 Å². The molecule has 0 bridgehead atoms. The van der Waals surface area contributed by atoms with Crippen molar-refractivity contribution in [1.29, 1.82) is 0 Å². The summed E-state index contributed by atoms with van der Waals surface area (Å²) in [5, 5.41) is 3.26. The number of aryl methyl sites for hydroxylation is 1. The van der Waals surface area contributed by atoms with E-state index in [4.69, 9.17) is 4.74 Å². The van der Waals surface area contributed by atoms with Crippen molar-refractivity contribution in [3.05, 3.63) is 64.9 Å². The van der Waals surface area contributed by atoms with Gasteiger partial charge in [0.2, 0.25) is 5.91 Å². The van der Waals surface area contributed by atoms with E-state index in [1.54, 1.807) is 43.3 Å². The summed E-state index contributed by atoms with van der Waals surface area (Å²) < 4.78 is 18.4. The minimum Gasteiger partial charge on any atom is -0.422 e. The molecule has 2 aromatic carbocycles. The van der Waals surface area contributed by atoms with E-state index >= 15 is 0 Å². The molecule has 0 saturated heterocycles. The molecule has 26 heavy (non-hydrogen) atoms. The SMILES string of the molecule is CC(=O)Nc1ccc(OC(=O)c2sc(-c3ccc(F)cc3)nc2C)cc1. The van der Waals surface area contributed by atoms with E-state index in [9.17, 15) is 14.0 Å². The average Bonchev–Trinajstić information content (AvgIpc) is 2.99. The maximum Gasteiger partial charge on any atom is 0.355 e. The summed E-state index contributed by atoms with van der Waals surface area (Å²) in [6.07, 6.45) is 0. The van der Waals surface area contributed by atoms with Crippen LogP contribution in [0.4, 0.5) is 10.1 Å². The van der Waals surface area contributed by atoms with Crippen molar-refractivity contribution in [2.75, 3.05) is 5.32 Å². The Morgan fingerprint density at radius 1 is 1.08 bits per heavy atom. The van der Waals surface area contributed by atoms with E-state index < -0.39 is 5.97 Å². The molecule has 3 aromatic rings. The molecular weight excluding hydrogens is 355 g/mol. The number of hydrogen-bond donors (Lipinski definition) is 1. The lowest BCUT2D eigenvalue weighted by Gasteiger charge is -2.05. The van der Waals surface area contributed by atoms with Gasteiger partial charge in [-0.2, -0.15) is 0 Å². The lowest BCUT2D eigenvalue weighted by atomic mass is 10.2. The van der Waals surface area contributed by atoms with Gasteiger partial charge in [0.1, 0.15) is 21.5 Å². The lowest BCUT2D eigenvalue weighted by Crippen LogP contribution is -2.08. The minimum atomic E-state index is -0.513. The standard InChI is InChI=1S/C19H15FN2O3S/c1-11-17(26-18(21-11)13-3-5-14(20)6-4-13)19(24)25-16-9-7-15(8-10-16)22-12(2)23/h3-10H,1-2H3,(H,22,23). The van der Waals surface area contributed by atoms with Gasteiger partial charge in [-0.1, -0.05) is 0 Å². The quantitative estimate of drug-likeness (QED) is 0.545. The number of hydrogen-bond acceptors (Lipinski definition) is 5. The molecule has 5 nitrogen and oxygen atoms in total. The molecule has 0 atom stereocenters. The van der Waals surface area contributed by atoms with Crippen LogP contribution in [0.1, 0.15) is 22.3 Å². The van der Waals surface area contributed by atoms with E-state index in [2.05, 4.69) is 10.3 Å². The number of esters is 1. The van der Waals surface area contributed by atoms with Crippen LogP contribution in [0.2, 0.25) is 0 Å². The smallest absolute Gasteiger partial charge is 0.355 e. The number of thiazole rings is 1. The van der Waals surface area contributed by atoms with Crippen LogP contribution >= 0.6 is 11.3 Å². The maximum atomic E-state index is 13.0. The Balaban J connectivity index is 1.75. The normalized spacial score (nSPS) is 10.4. The summed E-state index contributed by atoms with van der Waals surface area (Å²) in [4.78, 5) is 28.2. The summed E-state index contributed by atoms with van der Waals surface area (Å²) in [5.74, 6) is -0.659. The number of carbonyl (C=O) groups excluding carboxylic acids is 2. The summed E-state index contributed by atoms with van der Waals surface area (Å²) in [7, 11) is 0. The van der Waals surface area contributed by atoms with Gasteiger partial charge in [-0.15, -0.1) is 11.3 Å². The number of amides is 1. The molecule has 0 saturated carbocycles. The van der Waals surface area contributed by atoms with E-state index in [1.165, 1.54) is 30.4 Å². The maximum absolute atomic E-state index is 13.0. The molecule has 7 heteroatoms. The number of ether oxygens (including phenoxy) is 1. The van der Waals surface area contributed by atoms with Crippen molar-refractivity contribution in [3.8, 4) is 16.3 Å². The monoisotopic (exact) mass is 370 g/mol. The van der Waals surface area contributed by atoms with Crippen molar-refractivity contribution >= 4 is 28.9 Å². The number of aromatic nitrogens is 1. The van der Waals surface area contributed by atoms with Crippen LogP contribution in [0.3, 0.4) is 0 Å². The lowest BCUT2D eigenvalue weighted by molar-refractivity contribution is -0.114. The summed E-state index contributed by atoms with van der Waals surface area (Å²) in [6.45, 7) is 3.14. The number of rotatable bonds is 4. The van der Waals surface area contributed by atoms with Gasteiger partial charge in [0.25, 0.3) is 0 Å².